The van der Waals surface area contributed by atoms with Crippen molar-refractivity contribution in [2.24, 2.45) is 5.92 Å². The number of ether oxygens (including phenoxy) is 1. The molecule has 2 unspecified atom stereocenters. The van der Waals surface area contributed by atoms with Gasteiger partial charge in [-0.2, -0.15) is 0 Å². The van der Waals surface area contributed by atoms with E-state index in [9.17, 15) is 4.79 Å². The second kappa shape index (κ2) is 7.13. The number of carbonyl (C=O) groups excluding carboxylic acids is 1. The van der Waals surface area contributed by atoms with Gasteiger partial charge in [0.15, 0.2) is 0 Å². The fourth-order valence-corrected chi connectivity index (χ4v) is 2.76. The van der Waals surface area contributed by atoms with E-state index in [4.69, 9.17) is 4.74 Å². The van der Waals surface area contributed by atoms with Crippen molar-refractivity contribution in [3.63, 3.8) is 0 Å². The molecule has 1 rings (SSSR count). The lowest BCUT2D eigenvalue weighted by molar-refractivity contribution is 0.0448. The first-order chi connectivity index (χ1) is 8.84. The lowest BCUT2D eigenvalue weighted by Crippen LogP contribution is -2.51. The van der Waals surface area contributed by atoms with Gasteiger partial charge < -0.3 is 15.0 Å². The molecule has 2 atom stereocenters. The van der Waals surface area contributed by atoms with Gasteiger partial charge in [0.1, 0.15) is 5.60 Å². The van der Waals surface area contributed by atoms with Crippen LogP contribution in [0.4, 0.5) is 4.79 Å². The first kappa shape index (κ1) is 16.3. The van der Waals surface area contributed by atoms with Crippen molar-refractivity contribution in [1.29, 1.82) is 0 Å². The largest absolute Gasteiger partial charge is 0.444 e. The summed E-state index contributed by atoms with van der Waals surface area (Å²) in [5.74, 6) is 0.693. The highest BCUT2D eigenvalue weighted by Gasteiger charge is 2.28. The number of hydrogen-bond donors (Lipinski definition) is 1. The van der Waals surface area contributed by atoms with Crippen LogP contribution in [0.2, 0.25) is 0 Å². The van der Waals surface area contributed by atoms with Crippen LogP contribution in [0.15, 0.2) is 0 Å². The molecule has 1 heterocycles. The first-order valence-corrected chi connectivity index (χ1v) is 7.56. The van der Waals surface area contributed by atoms with Gasteiger partial charge in [-0.25, -0.2) is 4.79 Å². The number of nitrogens with zero attached hydrogens (tertiary/aromatic N) is 1. The van der Waals surface area contributed by atoms with Gasteiger partial charge in [-0.3, -0.25) is 0 Å². The Morgan fingerprint density at radius 3 is 2.53 bits per heavy atom. The maximum absolute atomic E-state index is 11.8. The summed E-state index contributed by atoms with van der Waals surface area (Å²) in [7, 11) is 0. The molecule has 0 aliphatic carbocycles. The minimum atomic E-state index is -0.425. The highest BCUT2D eigenvalue weighted by Crippen LogP contribution is 2.21. The summed E-state index contributed by atoms with van der Waals surface area (Å²) < 4.78 is 5.34. The number of piperidine rings is 1. The van der Waals surface area contributed by atoms with E-state index in [0.29, 0.717) is 5.92 Å². The molecule has 1 aliphatic rings. The van der Waals surface area contributed by atoms with E-state index in [1.54, 1.807) is 0 Å². The van der Waals surface area contributed by atoms with Gasteiger partial charge in [0.05, 0.1) is 0 Å². The van der Waals surface area contributed by atoms with Crippen LogP contribution in [0.5, 0.6) is 0 Å². The van der Waals surface area contributed by atoms with Crippen molar-refractivity contribution in [2.75, 3.05) is 19.6 Å². The summed E-state index contributed by atoms with van der Waals surface area (Å²) >= 11 is 0. The summed E-state index contributed by atoms with van der Waals surface area (Å²) in [6, 6.07) is 0.222. The van der Waals surface area contributed by atoms with E-state index in [0.717, 1.165) is 26.1 Å². The fourth-order valence-electron chi connectivity index (χ4n) is 2.76. The monoisotopic (exact) mass is 270 g/mol. The number of rotatable bonds is 4. The van der Waals surface area contributed by atoms with Gasteiger partial charge in [0.25, 0.3) is 0 Å². The molecule has 0 spiro atoms. The highest BCUT2D eigenvalue weighted by molar-refractivity contribution is 5.68. The summed E-state index contributed by atoms with van der Waals surface area (Å²) in [6.45, 7) is 13.2. The molecule has 4 heteroatoms. The number of likely N-dealkylation sites (N-methyl/N-ethyl adjacent to an activating group) is 1. The summed E-state index contributed by atoms with van der Waals surface area (Å²) in [5, 5.41) is 3.03. The van der Waals surface area contributed by atoms with E-state index in [-0.39, 0.29) is 12.1 Å². The summed E-state index contributed by atoms with van der Waals surface area (Å²) in [5.41, 5.74) is -0.425. The summed E-state index contributed by atoms with van der Waals surface area (Å²) in [4.78, 5) is 14.3. The summed E-state index contributed by atoms with van der Waals surface area (Å²) in [6.07, 6.45) is 3.24. The van der Waals surface area contributed by atoms with Crippen LogP contribution in [-0.2, 0) is 4.74 Å². The zero-order valence-corrected chi connectivity index (χ0v) is 13.2. The van der Waals surface area contributed by atoms with Crippen molar-refractivity contribution in [3.8, 4) is 0 Å². The van der Waals surface area contributed by atoms with Crippen molar-refractivity contribution >= 4 is 6.09 Å². The van der Waals surface area contributed by atoms with Crippen LogP contribution in [0, 0.1) is 5.92 Å². The van der Waals surface area contributed by atoms with Crippen LogP contribution < -0.4 is 5.32 Å². The Kier molecular flexibility index (Phi) is 6.11. The molecule has 0 aromatic heterocycles. The standard InChI is InChI=1S/C15H30N2O2/c1-6-8-12-9-13(11-17(7-2)10-12)16-14(18)19-15(3,4)5/h12-13H,6-11H2,1-5H3,(H,16,18). The number of amides is 1. The Morgan fingerprint density at radius 1 is 1.32 bits per heavy atom. The average molecular weight is 270 g/mol. The molecule has 1 amide bonds. The van der Waals surface area contributed by atoms with E-state index < -0.39 is 5.60 Å². The molecule has 1 fully saturated rings. The molecule has 1 aliphatic heterocycles. The second-order valence-corrected chi connectivity index (χ2v) is 6.59. The SMILES string of the molecule is CCCC1CC(NC(=O)OC(C)(C)C)CN(CC)C1. The zero-order valence-electron chi connectivity index (χ0n) is 13.2. The van der Waals surface area contributed by atoms with Gasteiger partial charge in [0.2, 0.25) is 0 Å². The van der Waals surface area contributed by atoms with Crippen LogP contribution in [0.3, 0.4) is 0 Å². The molecule has 0 aromatic rings. The van der Waals surface area contributed by atoms with Crippen molar-refractivity contribution in [3.05, 3.63) is 0 Å². The van der Waals surface area contributed by atoms with Crippen molar-refractivity contribution in [1.82, 2.24) is 10.2 Å². The number of likely N-dealkylation sites (tertiary alicyclic amines) is 1. The third-order valence-electron chi connectivity index (χ3n) is 3.48. The Balaban J connectivity index is 2.49. The predicted molar refractivity (Wildman–Crippen MR) is 78.3 cm³/mol. The molecular weight excluding hydrogens is 240 g/mol. The third kappa shape index (κ3) is 6.28. The molecule has 1 N–H and O–H groups in total. The second-order valence-electron chi connectivity index (χ2n) is 6.59. The molecule has 0 radical (unpaired) electrons. The minimum Gasteiger partial charge on any atom is -0.444 e. The van der Waals surface area contributed by atoms with Crippen LogP contribution in [0.25, 0.3) is 0 Å². The molecule has 0 saturated carbocycles. The van der Waals surface area contributed by atoms with Gasteiger partial charge >= 0.3 is 6.09 Å². The van der Waals surface area contributed by atoms with Crippen LogP contribution >= 0.6 is 0 Å². The maximum atomic E-state index is 11.8. The molecule has 19 heavy (non-hydrogen) atoms. The van der Waals surface area contributed by atoms with Gasteiger partial charge in [-0.05, 0) is 46.1 Å². The molecule has 1 saturated heterocycles. The maximum Gasteiger partial charge on any atom is 0.407 e. The van der Waals surface area contributed by atoms with E-state index >= 15 is 0 Å². The molecule has 0 bridgehead atoms. The smallest absolute Gasteiger partial charge is 0.407 e. The number of alkyl carbamates (subject to hydrolysis) is 1. The van der Waals surface area contributed by atoms with Gasteiger partial charge in [-0.1, -0.05) is 20.3 Å². The number of hydrogen-bond acceptors (Lipinski definition) is 3. The van der Waals surface area contributed by atoms with Gasteiger partial charge in [-0.15, -0.1) is 0 Å². The first-order valence-electron chi connectivity index (χ1n) is 7.56. The predicted octanol–water partition coefficient (Wildman–Crippen LogP) is 3.02. The van der Waals surface area contributed by atoms with Gasteiger partial charge in [0, 0.05) is 19.1 Å². The average Bonchev–Trinajstić information content (AvgIpc) is 2.26. The lowest BCUT2D eigenvalue weighted by atomic mass is 9.90. The van der Waals surface area contributed by atoms with E-state index in [1.165, 1.54) is 12.8 Å². The Hall–Kier alpha value is -0.770. The van der Waals surface area contributed by atoms with E-state index in [1.807, 2.05) is 20.8 Å². The van der Waals surface area contributed by atoms with Crippen LogP contribution in [-0.4, -0.2) is 42.3 Å². The van der Waals surface area contributed by atoms with E-state index in [2.05, 4.69) is 24.1 Å². The Morgan fingerprint density at radius 2 is 2.00 bits per heavy atom. The molecule has 0 aromatic carbocycles. The van der Waals surface area contributed by atoms with Crippen molar-refractivity contribution < 1.29 is 9.53 Å². The molecular formula is C15H30N2O2. The third-order valence-corrected chi connectivity index (χ3v) is 3.48. The highest BCUT2D eigenvalue weighted by atomic mass is 16.6. The number of nitrogens with one attached hydrogen (secondary N) is 1. The molecule has 112 valence electrons. The normalized spacial score (nSPS) is 25.1. The fraction of sp³-hybridized carbons (Fsp3) is 0.933. The zero-order chi connectivity index (χ0) is 14.5. The topological polar surface area (TPSA) is 41.6 Å². The number of carbonyl (C=O) groups is 1. The lowest BCUT2D eigenvalue weighted by Gasteiger charge is -2.37. The van der Waals surface area contributed by atoms with Crippen molar-refractivity contribution in [2.45, 2.75) is 65.5 Å². The minimum absolute atomic E-state index is 0.222. The Labute approximate surface area is 117 Å². The van der Waals surface area contributed by atoms with Crippen LogP contribution in [0.1, 0.15) is 53.9 Å². The Bertz CT molecular complexity index is 286. The quantitative estimate of drug-likeness (QED) is 0.854. The molecule has 4 nitrogen and oxygen atoms in total.